The summed E-state index contributed by atoms with van der Waals surface area (Å²) in [4.78, 5) is 23.8. The second-order valence-electron chi connectivity index (χ2n) is 3.70. The Bertz CT molecular complexity index is 451. The number of ether oxygens (including phenoxy) is 1. The first kappa shape index (κ1) is 13.8. The Morgan fingerprint density at radius 1 is 1.33 bits per heavy atom. The van der Waals surface area contributed by atoms with E-state index in [1.165, 1.54) is 37.3 Å². The molecule has 0 aliphatic carbocycles. The Morgan fingerprint density at radius 3 is 2.50 bits per heavy atom. The minimum absolute atomic E-state index is 0.0880. The molecule has 1 aromatic rings. The van der Waals surface area contributed by atoms with Crippen molar-refractivity contribution in [1.82, 2.24) is 4.90 Å². The smallest absolute Gasteiger partial charge is 0.325 e. The summed E-state index contributed by atoms with van der Waals surface area (Å²) in [6, 6.07) is 6.42. The van der Waals surface area contributed by atoms with Gasteiger partial charge in [-0.1, -0.05) is 12.1 Å². The average Bonchev–Trinajstić information content (AvgIpc) is 2.37. The highest BCUT2D eigenvalue weighted by Crippen LogP contribution is 2.10. The van der Waals surface area contributed by atoms with Crippen LogP contribution >= 0.6 is 0 Å². The maximum absolute atomic E-state index is 11.6. The van der Waals surface area contributed by atoms with E-state index in [2.05, 4.69) is 4.74 Å². The number of benzene rings is 1. The van der Waals surface area contributed by atoms with E-state index in [1.807, 2.05) is 0 Å². The number of phenols is 1. The van der Waals surface area contributed by atoms with Crippen LogP contribution in [-0.2, 0) is 14.3 Å². The Kier molecular flexibility index (Phi) is 4.92. The lowest BCUT2D eigenvalue weighted by Gasteiger charge is -2.12. The number of esters is 1. The number of aromatic hydroxyl groups is 1. The number of nitrogens with zero attached hydrogens (tertiary/aromatic N) is 1. The van der Waals surface area contributed by atoms with E-state index in [1.54, 1.807) is 18.2 Å². The van der Waals surface area contributed by atoms with Crippen LogP contribution in [0.2, 0.25) is 0 Å². The third kappa shape index (κ3) is 4.29. The Hall–Kier alpha value is -2.30. The average molecular weight is 249 g/mol. The van der Waals surface area contributed by atoms with E-state index < -0.39 is 5.97 Å². The van der Waals surface area contributed by atoms with Crippen LogP contribution in [0.25, 0.3) is 6.08 Å². The molecule has 0 aliphatic rings. The van der Waals surface area contributed by atoms with Gasteiger partial charge in [-0.2, -0.15) is 0 Å². The monoisotopic (exact) mass is 249 g/mol. The Morgan fingerprint density at radius 2 is 1.94 bits per heavy atom. The molecule has 1 amide bonds. The van der Waals surface area contributed by atoms with E-state index in [0.717, 1.165) is 5.56 Å². The lowest BCUT2D eigenvalue weighted by atomic mass is 10.2. The zero-order valence-corrected chi connectivity index (χ0v) is 10.3. The van der Waals surface area contributed by atoms with Crippen LogP contribution in [0.3, 0.4) is 0 Å². The molecule has 0 saturated heterocycles. The zero-order chi connectivity index (χ0) is 13.5. The first-order valence-corrected chi connectivity index (χ1v) is 5.32. The van der Waals surface area contributed by atoms with E-state index in [4.69, 9.17) is 5.11 Å². The molecule has 0 radical (unpaired) electrons. The second-order valence-corrected chi connectivity index (χ2v) is 3.70. The fourth-order valence-electron chi connectivity index (χ4n) is 1.22. The van der Waals surface area contributed by atoms with Crippen LogP contribution in [0.15, 0.2) is 30.3 Å². The van der Waals surface area contributed by atoms with Gasteiger partial charge in [0, 0.05) is 13.1 Å². The first-order chi connectivity index (χ1) is 8.52. The minimum atomic E-state index is -0.469. The van der Waals surface area contributed by atoms with E-state index >= 15 is 0 Å². The molecule has 0 spiro atoms. The van der Waals surface area contributed by atoms with Crippen molar-refractivity contribution in [2.45, 2.75) is 0 Å². The van der Waals surface area contributed by atoms with Crippen LogP contribution in [0.5, 0.6) is 5.75 Å². The van der Waals surface area contributed by atoms with Gasteiger partial charge in [-0.15, -0.1) is 0 Å². The van der Waals surface area contributed by atoms with E-state index in [9.17, 15) is 9.59 Å². The van der Waals surface area contributed by atoms with Crippen molar-refractivity contribution < 1.29 is 19.4 Å². The largest absolute Gasteiger partial charge is 0.508 e. The van der Waals surface area contributed by atoms with Crippen molar-refractivity contribution in [3.05, 3.63) is 35.9 Å². The lowest BCUT2D eigenvalue weighted by Crippen LogP contribution is -2.31. The predicted molar refractivity (Wildman–Crippen MR) is 66.8 cm³/mol. The molecule has 0 atom stereocenters. The van der Waals surface area contributed by atoms with Crippen LogP contribution in [0.4, 0.5) is 0 Å². The lowest BCUT2D eigenvalue weighted by molar-refractivity contribution is -0.144. The number of methoxy groups -OCH3 is 1. The zero-order valence-electron chi connectivity index (χ0n) is 10.3. The van der Waals surface area contributed by atoms with Gasteiger partial charge in [0.2, 0.25) is 5.91 Å². The molecular weight excluding hydrogens is 234 g/mol. The highest BCUT2D eigenvalue weighted by Gasteiger charge is 2.09. The van der Waals surface area contributed by atoms with Crippen LogP contribution < -0.4 is 0 Å². The summed E-state index contributed by atoms with van der Waals surface area (Å²) in [6.45, 7) is -0.0880. The van der Waals surface area contributed by atoms with Gasteiger partial charge < -0.3 is 14.7 Å². The summed E-state index contributed by atoms with van der Waals surface area (Å²) in [5.41, 5.74) is 0.785. The predicted octanol–water partition coefficient (Wildman–Crippen LogP) is 1.04. The highest BCUT2D eigenvalue weighted by molar-refractivity contribution is 5.93. The summed E-state index contributed by atoms with van der Waals surface area (Å²) in [5, 5.41) is 9.10. The van der Waals surface area contributed by atoms with Gasteiger partial charge in [0.1, 0.15) is 12.3 Å². The normalized spacial score (nSPS) is 10.3. The number of likely N-dealkylation sites (N-methyl/N-ethyl adjacent to an activating group) is 1. The quantitative estimate of drug-likeness (QED) is 0.639. The number of carbonyl (C=O) groups excluding carboxylic acids is 2. The van der Waals surface area contributed by atoms with Crippen molar-refractivity contribution >= 4 is 18.0 Å². The topological polar surface area (TPSA) is 66.8 Å². The molecule has 96 valence electrons. The Labute approximate surface area is 105 Å². The number of hydrogen-bond acceptors (Lipinski definition) is 4. The molecule has 1 rings (SSSR count). The standard InChI is InChI=1S/C13H15NO4/c1-14(9-13(17)18-2)12(16)8-5-10-3-6-11(15)7-4-10/h3-8,15H,9H2,1-2H3. The van der Waals surface area contributed by atoms with Gasteiger partial charge >= 0.3 is 5.97 Å². The van der Waals surface area contributed by atoms with Gasteiger partial charge in [-0.05, 0) is 23.8 Å². The molecule has 5 nitrogen and oxygen atoms in total. The first-order valence-electron chi connectivity index (χ1n) is 5.32. The molecule has 1 aromatic carbocycles. The van der Waals surface area contributed by atoms with Gasteiger partial charge in [-0.3, -0.25) is 9.59 Å². The molecule has 0 fully saturated rings. The molecule has 1 N–H and O–H groups in total. The SMILES string of the molecule is COC(=O)CN(C)C(=O)C=Cc1ccc(O)cc1. The van der Waals surface area contributed by atoms with E-state index in [-0.39, 0.29) is 18.2 Å². The fraction of sp³-hybridized carbons (Fsp3) is 0.231. The summed E-state index contributed by atoms with van der Waals surface area (Å²) >= 11 is 0. The van der Waals surface area contributed by atoms with Crippen LogP contribution in [-0.4, -0.2) is 42.6 Å². The summed E-state index contributed by atoms with van der Waals surface area (Å²) in [6.07, 6.45) is 2.96. The van der Waals surface area contributed by atoms with Crippen LogP contribution in [0.1, 0.15) is 5.56 Å². The molecule has 5 heteroatoms. The van der Waals surface area contributed by atoms with Gasteiger partial charge in [0.15, 0.2) is 0 Å². The third-order valence-electron chi connectivity index (χ3n) is 2.28. The van der Waals surface area contributed by atoms with Crippen molar-refractivity contribution in [1.29, 1.82) is 0 Å². The van der Waals surface area contributed by atoms with E-state index in [0.29, 0.717) is 0 Å². The molecule has 0 unspecified atom stereocenters. The molecule has 0 bridgehead atoms. The van der Waals surface area contributed by atoms with Gasteiger partial charge in [0.25, 0.3) is 0 Å². The van der Waals surface area contributed by atoms with Gasteiger partial charge in [0.05, 0.1) is 7.11 Å². The van der Waals surface area contributed by atoms with Crippen molar-refractivity contribution in [2.75, 3.05) is 20.7 Å². The second kappa shape index (κ2) is 6.44. The van der Waals surface area contributed by atoms with Crippen molar-refractivity contribution in [3.63, 3.8) is 0 Å². The Balaban J connectivity index is 2.58. The number of carbonyl (C=O) groups is 2. The molecule has 0 aromatic heterocycles. The summed E-state index contributed by atoms with van der Waals surface area (Å²) in [5.74, 6) is -0.598. The summed E-state index contributed by atoms with van der Waals surface area (Å²) in [7, 11) is 2.79. The molecular formula is C13H15NO4. The van der Waals surface area contributed by atoms with Crippen molar-refractivity contribution in [3.8, 4) is 5.75 Å². The molecule has 0 aliphatic heterocycles. The maximum Gasteiger partial charge on any atom is 0.325 e. The minimum Gasteiger partial charge on any atom is -0.508 e. The highest BCUT2D eigenvalue weighted by atomic mass is 16.5. The number of phenolic OH excluding ortho intramolecular Hbond substituents is 1. The molecule has 0 saturated carbocycles. The number of hydrogen-bond donors (Lipinski definition) is 1. The molecule has 18 heavy (non-hydrogen) atoms. The van der Waals surface area contributed by atoms with Gasteiger partial charge in [-0.25, -0.2) is 0 Å². The fourth-order valence-corrected chi connectivity index (χ4v) is 1.22. The van der Waals surface area contributed by atoms with Crippen LogP contribution in [0, 0.1) is 0 Å². The number of rotatable bonds is 4. The third-order valence-corrected chi connectivity index (χ3v) is 2.28. The summed E-state index contributed by atoms with van der Waals surface area (Å²) < 4.78 is 4.46. The maximum atomic E-state index is 11.6. The van der Waals surface area contributed by atoms with Crippen molar-refractivity contribution in [2.24, 2.45) is 0 Å². The molecule has 0 heterocycles. The number of amides is 1.